The van der Waals surface area contributed by atoms with Crippen LogP contribution in [0.3, 0.4) is 0 Å². The van der Waals surface area contributed by atoms with Gasteiger partial charge in [0.05, 0.1) is 24.2 Å². The van der Waals surface area contributed by atoms with Crippen molar-refractivity contribution in [3.8, 4) is 0 Å². The maximum atomic E-state index is 11.6. The van der Waals surface area contributed by atoms with E-state index in [4.69, 9.17) is 5.11 Å². The first-order valence-corrected chi connectivity index (χ1v) is 12.3. The fraction of sp³-hybridized carbons (Fsp3) is 0.571. The highest BCUT2D eigenvalue weighted by Crippen LogP contribution is 2.23. The fourth-order valence-corrected chi connectivity index (χ4v) is 3.63. The Kier molecular flexibility index (Phi) is 15.9. The highest BCUT2D eigenvalue weighted by Gasteiger charge is 2.22. The predicted octanol–water partition coefficient (Wildman–Crippen LogP) is 2.60. The number of carboxylic acid groups (broad SMARTS) is 2. The molecule has 210 valence electrons. The molecule has 9 heteroatoms. The monoisotopic (exact) mass is 524 g/mol. The molecule has 0 radical (unpaired) electrons. The van der Waals surface area contributed by atoms with Gasteiger partial charge in [-0.3, -0.25) is 4.79 Å². The molecule has 0 fully saturated rings. The SMILES string of the molecule is C/C=C(\C)C[C@H](/C=C(\C)[C@H](O)[C@H](C)/C=C(\C)[C@H](O)[C@H](C)/C=C/[C@H](O)C/C=C/[C@H](O)[C@@H](O)C(=O)O)C(=O)O. The summed E-state index contributed by atoms with van der Waals surface area (Å²) in [6.45, 7) is 10.6. The molecular weight excluding hydrogens is 480 g/mol. The third kappa shape index (κ3) is 13.0. The van der Waals surface area contributed by atoms with E-state index in [1.54, 1.807) is 45.9 Å². The number of carbonyl (C=O) groups is 2. The Morgan fingerprint density at radius 2 is 1.27 bits per heavy atom. The summed E-state index contributed by atoms with van der Waals surface area (Å²) in [5.41, 5.74) is 2.08. The number of rotatable bonds is 16. The van der Waals surface area contributed by atoms with Crippen molar-refractivity contribution < 1.29 is 45.3 Å². The Hall–Kier alpha value is -2.56. The summed E-state index contributed by atoms with van der Waals surface area (Å²) < 4.78 is 0. The number of aliphatic hydroxyl groups excluding tert-OH is 5. The van der Waals surface area contributed by atoms with Crippen molar-refractivity contribution in [2.24, 2.45) is 17.8 Å². The zero-order valence-corrected chi connectivity index (χ0v) is 22.5. The highest BCUT2D eigenvalue weighted by atomic mass is 16.4. The van der Waals surface area contributed by atoms with Gasteiger partial charge in [0.2, 0.25) is 0 Å². The second-order valence-corrected chi connectivity index (χ2v) is 9.60. The van der Waals surface area contributed by atoms with E-state index >= 15 is 0 Å². The third-order valence-electron chi connectivity index (χ3n) is 6.20. The molecule has 0 aliphatic heterocycles. The summed E-state index contributed by atoms with van der Waals surface area (Å²) in [4.78, 5) is 22.2. The molecule has 0 aliphatic carbocycles. The Morgan fingerprint density at radius 1 is 0.730 bits per heavy atom. The molecule has 9 nitrogen and oxygen atoms in total. The lowest BCUT2D eigenvalue weighted by Gasteiger charge is -2.22. The molecule has 0 bridgehead atoms. The molecular formula is C28H44O9. The van der Waals surface area contributed by atoms with Crippen molar-refractivity contribution >= 4 is 11.9 Å². The number of hydrogen-bond acceptors (Lipinski definition) is 7. The van der Waals surface area contributed by atoms with Crippen molar-refractivity contribution in [3.63, 3.8) is 0 Å². The van der Waals surface area contributed by atoms with Crippen LogP contribution in [0, 0.1) is 17.8 Å². The number of hydrogen-bond donors (Lipinski definition) is 7. The van der Waals surface area contributed by atoms with Crippen LogP contribution in [0.15, 0.2) is 59.3 Å². The van der Waals surface area contributed by atoms with E-state index in [9.17, 15) is 40.2 Å². The number of aliphatic hydroxyl groups is 5. The summed E-state index contributed by atoms with van der Waals surface area (Å²) >= 11 is 0. The van der Waals surface area contributed by atoms with Crippen molar-refractivity contribution in [1.82, 2.24) is 0 Å². The van der Waals surface area contributed by atoms with Gasteiger partial charge in [0.15, 0.2) is 6.10 Å². The van der Waals surface area contributed by atoms with Crippen molar-refractivity contribution in [2.75, 3.05) is 0 Å². The van der Waals surface area contributed by atoms with Crippen LogP contribution in [0.25, 0.3) is 0 Å². The molecule has 37 heavy (non-hydrogen) atoms. The van der Waals surface area contributed by atoms with Crippen molar-refractivity contribution in [1.29, 1.82) is 0 Å². The van der Waals surface area contributed by atoms with Crippen LogP contribution < -0.4 is 0 Å². The molecule has 0 unspecified atom stereocenters. The summed E-state index contributed by atoms with van der Waals surface area (Å²) in [5.74, 6) is -4.03. The van der Waals surface area contributed by atoms with Crippen LogP contribution in [-0.4, -0.2) is 78.2 Å². The van der Waals surface area contributed by atoms with Gasteiger partial charge in [-0.05, 0) is 51.7 Å². The number of carboxylic acids is 2. The standard InChI is InChI=1S/C28H44O9/c1-7-16(2)13-21(27(34)35)15-20(6)25(32)19(5)14-18(4)24(31)17(3)11-12-22(29)9-8-10-23(30)26(33)28(36)37/h7-8,10-12,14-15,17,19,21-26,29-33H,9,13H2,1-6H3,(H,34,35)(H,36,37)/b10-8+,12-11+,16-7+,18-14+,20-15+/t17-,19-,21-,22-,23+,24-,25-,26-/m1/s1. The largest absolute Gasteiger partial charge is 0.481 e. The van der Waals surface area contributed by atoms with E-state index in [1.807, 2.05) is 19.9 Å². The molecule has 0 aromatic heterocycles. The summed E-state index contributed by atoms with van der Waals surface area (Å²) in [6.07, 6.45) is 4.80. The minimum Gasteiger partial charge on any atom is -0.481 e. The van der Waals surface area contributed by atoms with Gasteiger partial charge in [0.25, 0.3) is 0 Å². The van der Waals surface area contributed by atoms with E-state index in [1.165, 1.54) is 12.2 Å². The molecule has 0 aliphatic rings. The van der Waals surface area contributed by atoms with E-state index in [2.05, 4.69) is 0 Å². The molecule has 0 aromatic rings. The summed E-state index contributed by atoms with van der Waals surface area (Å²) in [5, 5.41) is 68.3. The number of allylic oxidation sites excluding steroid dienone is 2. The molecule has 0 rings (SSSR count). The maximum absolute atomic E-state index is 11.6. The van der Waals surface area contributed by atoms with Crippen molar-refractivity contribution in [3.05, 3.63) is 59.3 Å². The molecule has 0 spiro atoms. The predicted molar refractivity (Wildman–Crippen MR) is 142 cm³/mol. The lowest BCUT2D eigenvalue weighted by Crippen LogP contribution is -2.32. The summed E-state index contributed by atoms with van der Waals surface area (Å²) in [6, 6.07) is 0. The topological polar surface area (TPSA) is 176 Å². The summed E-state index contributed by atoms with van der Waals surface area (Å²) in [7, 11) is 0. The van der Waals surface area contributed by atoms with Crippen LogP contribution >= 0.6 is 0 Å². The second kappa shape index (κ2) is 17.0. The second-order valence-electron chi connectivity index (χ2n) is 9.60. The average Bonchev–Trinajstić information content (AvgIpc) is 2.84. The first kappa shape index (κ1) is 34.4. The fourth-order valence-electron chi connectivity index (χ4n) is 3.63. The van der Waals surface area contributed by atoms with E-state index in [-0.39, 0.29) is 18.3 Å². The quantitative estimate of drug-likeness (QED) is 0.150. The van der Waals surface area contributed by atoms with Crippen LogP contribution in [0.5, 0.6) is 0 Å². The van der Waals surface area contributed by atoms with Crippen LogP contribution in [0.1, 0.15) is 54.4 Å². The van der Waals surface area contributed by atoms with Gasteiger partial charge in [-0.2, -0.15) is 0 Å². The Morgan fingerprint density at radius 3 is 1.78 bits per heavy atom. The van der Waals surface area contributed by atoms with Crippen LogP contribution in [-0.2, 0) is 9.59 Å². The number of aliphatic carboxylic acids is 2. The first-order valence-electron chi connectivity index (χ1n) is 12.3. The molecule has 8 atom stereocenters. The molecule has 0 aromatic carbocycles. The van der Waals surface area contributed by atoms with Gasteiger partial charge in [-0.1, -0.05) is 62.0 Å². The van der Waals surface area contributed by atoms with Gasteiger partial charge in [-0.15, -0.1) is 0 Å². The third-order valence-corrected chi connectivity index (χ3v) is 6.20. The Bertz CT molecular complexity index is 884. The molecule has 7 N–H and O–H groups in total. The maximum Gasteiger partial charge on any atom is 0.335 e. The van der Waals surface area contributed by atoms with Crippen LogP contribution in [0.2, 0.25) is 0 Å². The van der Waals surface area contributed by atoms with Gasteiger partial charge in [0.1, 0.15) is 6.10 Å². The van der Waals surface area contributed by atoms with E-state index in [0.717, 1.165) is 11.6 Å². The molecule has 0 amide bonds. The minimum atomic E-state index is -1.95. The Labute approximate surface area is 219 Å². The van der Waals surface area contributed by atoms with Gasteiger partial charge in [0, 0.05) is 11.8 Å². The van der Waals surface area contributed by atoms with Gasteiger partial charge >= 0.3 is 11.9 Å². The van der Waals surface area contributed by atoms with Crippen LogP contribution in [0.4, 0.5) is 0 Å². The smallest absolute Gasteiger partial charge is 0.335 e. The van der Waals surface area contributed by atoms with Gasteiger partial charge < -0.3 is 35.7 Å². The van der Waals surface area contributed by atoms with E-state index < -0.39 is 48.4 Å². The Balaban J connectivity index is 5.15. The van der Waals surface area contributed by atoms with Gasteiger partial charge in [-0.25, -0.2) is 4.79 Å². The molecule has 0 saturated carbocycles. The first-order chi connectivity index (χ1) is 17.1. The minimum absolute atomic E-state index is 0.0667. The zero-order valence-electron chi connectivity index (χ0n) is 22.5. The van der Waals surface area contributed by atoms with Crippen molar-refractivity contribution in [2.45, 2.75) is 84.9 Å². The molecule has 0 saturated heterocycles. The lowest BCUT2D eigenvalue weighted by atomic mass is 9.89. The van der Waals surface area contributed by atoms with E-state index in [0.29, 0.717) is 17.6 Å². The zero-order chi connectivity index (χ0) is 28.9. The molecule has 0 heterocycles. The lowest BCUT2D eigenvalue weighted by molar-refractivity contribution is -0.151. The normalized spacial score (nSPS) is 20.4. The average molecular weight is 525 g/mol. The highest BCUT2D eigenvalue weighted by molar-refractivity contribution is 5.73.